The lowest BCUT2D eigenvalue weighted by atomic mass is 10.1. The molecule has 2 heterocycles. The quantitative estimate of drug-likeness (QED) is 0.729. The fourth-order valence-corrected chi connectivity index (χ4v) is 1.97. The number of aromatic nitrogens is 4. The summed E-state index contributed by atoms with van der Waals surface area (Å²) in [5.41, 5.74) is 2.09. The van der Waals surface area contributed by atoms with E-state index in [0.29, 0.717) is 5.89 Å². The predicted molar refractivity (Wildman–Crippen MR) is 75.2 cm³/mol. The second-order valence-electron chi connectivity index (χ2n) is 5.02. The minimum atomic E-state index is 0.264. The van der Waals surface area contributed by atoms with Crippen LogP contribution in [-0.2, 0) is 6.54 Å². The normalized spacial score (nSPS) is 11.2. The lowest BCUT2D eigenvalue weighted by Crippen LogP contribution is -1.99. The first-order valence-electron chi connectivity index (χ1n) is 6.63. The van der Waals surface area contributed by atoms with Gasteiger partial charge in [-0.3, -0.25) is 4.68 Å². The van der Waals surface area contributed by atoms with Gasteiger partial charge in [0.2, 0.25) is 0 Å². The van der Waals surface area contributed by atoms with E-state index in [2.05, 4.69) is 27.4 Å². The SMILES string of the molecule is CC(C)c1noc(-c2cccc(Cn3cccn3)c2)n1. The van der Waals surface area contributed by atoms with Crippen molar-refractivity contribution in [2.75, 3.05) is 0 Å². The summed E-state index contributed by atoms with van der Waals surface area (Å²) in [5, 5.41) is 8.20. The topological polar surface area (TPSA) is 56.7 Å². The molecular formula is C15H16N4O. The summed E-state index contributed by atoms with van der Waals surface area (Å²) in [7, 11) is 0. The minimum Gasteiger partial charge on any atom is -0.334 e. The largest absolute Gasteiger partial charge is 0.334 e. The molecule has 0 unspecified atom stereocenters. The van der Waals surface area contributed by atoms with Gasteiger partial charge in [-0.1, -0.05) is 31.1 Å². The molecule has 0 aliphatic rings. The van der Waals surface area contributed by atoms with Gasteiger partial charge in [0, 0.05) is 23.9 Å². The van der Waals surface area contributed by atoms with Gasteiger partial charge in [0.25, 0.3) is 5.89 Å². The Bertz CT molecular complexity index is 685. The molecule has 1 aromatic carbocycles. The molecule has 3 aromatic rings. The zero-order valence-corrected chi connectivity index (χ0v) is 11.5. The standard InChI is InChI=1S/C15H16N4O/c1-11(2)14-17-15(20-18-14)13-6-3-5-12(9-13)10-19-8-4-7-16-19/h3-9,11H,10H2,1-2H3. The molecule has 0 bridgehead atoms. The Morgan fingerprint density at radius 2 is 2.15 bits per heavy atom. The van der Waals surface area contributed by atoms with Crippen LogP contribution in [-0.4, -0.2) is 19.9 Å². The van der Waals surface area contributed by atoms with E-state index in [0.717, 1.165) is 23.5 Å². The summed E-state index contributed by atoms with van der Waals surface area (Å²) in [5.74, 6) is 1.56. The molecule has 0 spiro atoms. The second-order valence-corrected chi connectivity index (χ2v) is 5.02. The van der Waals surface area contributed by atoms with Gasteiger partial charge >= 0.3 is 0 Å². The number of rotatable bonds is 4. The van der Waals surface area contributed by atoms with Gasteiger partial charge in [0.05, 0.1) is 6.54 Å². The van der Waals surface area contributed by atoms with E-state index < -0.39 is 0 Å². The van der Waals surface area contributed by atoms with Gasteiger partial charge in [-0.2, -0.15) is 10.1 Å². The molecule has 2 aromatic heterocycles. The molecule has 102 valence electrons. The maximum Gasteiger partial charge on any atom is 0.257 e. The van der Waals surface area contributed by atoms with Crippen molar-refractivity contribution in [3.8, 4) is 11.5 Å². The molecule has 0 aliphatic carbocycles. The summed E-state index contributed by atoms with van der Waals surface area (Å²) in [6.45, 7) is 4.82. The molecule has 0 atom stereocenters. The van der Waals surface area contributed by atoms with E-state index in [9.17, 15) is 0 Å². The summed E-state index contributed by atoms with van der Waals surface area (Å²) < 4.78 is 7.20. The smallest absolute Gasteiger partial charge is 0.257 e. The van der Waals surface area contributed by atoms with Crippen LogP contribution in [0.25, 0.3) is 11.5 Å². The first-order valence-corrected chi connectivity index (χ1v) is 6.63. The fourth-order valence-electron chi connectivity index (χ4n) is 1.97. The third-order valence-electron chi connectivity index (χ3n) is 3.04. The van der Waals surface area contributed by atoms with Crippen molar-refractivity contribution < 1.29 is 4.52 Å². The third kappa shape index (κ3) is 2.61. The maximum absolute atomic E-state index is 5.32. The number of benzene rings is 1. The highest BCUT2D eigenvalue weighted by molar-refractivity contribution is 5.54. The zero-order valence-electron chi connectivity index (χ0n) is 11.5. The van der Waals surface area contributed by atoms with Gasteiger partial charge in [-0.15, -0.1) is 0 Å². The van der Waals surface area contributed by atoms with Gasteiger partial charge in [0.1, 0.15) is 0 Å². The van der Waals surface area contributed by atoms with E-state index in [1.54, 1.807) is 6.20 Å². The highest BCUT2D eigenvalue weighted by Gasteiger charge is 2.11. The summed E-state index contributed by atoms with van der Waals surface area (Å²) in [4.78, 5) is 4.42. The average molecular weight is 268 g/mol. The van der Waals surface area contributed by atoms with Crippen LogP contribution >= 0.6 is 0 Å². The highest BCUT2D eigenvalue weighted by Crippen LogP contribution is 2.21. The van der Waals surface area contributed by atoms with Gasteiger partial charge in [-0.25, -0.2) is 0 Å². The molecule has 0 amide bonds. The molecule has 0 saturated carbocycles. The third-order valence-corrected chi connectivity index (χ3v) is 3.04. The van der Waals surface area contributed by atoms with Crippen LogP contribution in [0.4, 0.5) is 0 Å². The van der Waals surface area contributed by atoms with E-state index in [1.807, 2.05) is 42.9 Å². The van der Waals surface area contributed by atoms with Crippen molar-refractivity contribution in [2.24, 2.45) is 0 Å². The molecule has 0 radical (unpaired) electrons. The van der Waals surface area contributed by atoms with E-state index in [1.165, 1.54) is 0 Å². The van der Waals surface area contributed by atoms with Crippen molar-refractivity contribution in [2.45, 2.75) is 26.3 Å². The minimum absolute atomic E-state index is 0.264. The Morgan fingerprint density at radius 3 is 2.85 bits per heavy atom. The molecule has 0 aliphatic heterocycles. The fraction of sp³-hybridized carbons (Fsp3) is 0.267. The van der Waals surface area contributed by atoms with Crippen molar-refractivity contribution in [1.82, 2.24) is 19.9 Å². The van der Waals surface area contributed by atoms with Crippen molar-refractivity contribution in [3.05, 3.63) is 54.1 Å². The number of hydrogen-bond acceptors (Lipinski definition) is 4. The van der Waals surface area contributed by atoms with Gasteiger partial charge < -0.3 is 4.52 Å². The predicted octanol–water partition coefficient (Wildman–Crippen LogP) is 3.10. The van der Waals surface area contributed by atoms with Crippen LogP contribution < -0.4 is 0 Å². The Hall–Kier alpha value is -2.43. The molecule has 0 fully saturated rings. The second kappa shape index (κ2) is 5.28. The van der Waals surface area contributed by atoms with Crippen molar-refractivity contribution in [1.29, 1.82) is 0 Å². The first-order chi connectivity index (χ1) is 9.72. The molecule has 0 N–H and O–H groups in total. The summed E-state index contributed by atoms with van der Waals surface area (Å²) in [6.07, 6.45) is 3.72. The van der Waals surface area contributed by atoms with Crippen LogP contribution in [0.1, 0.15) is 31.2 Å². The number of hydrogen-bond donors (Lipinski definition) is 0. The monoisotopic (exact) mass is 268 g/mol. The summed E-state index contributed by atoms with van der Waals surface area (Å²) >= 11 is 0. The van der Waals surface area contributed by atoms with E-state index in [-0.39, 0.29) is 5.92 Å². The Balaban J connectivity index is 1.86. The molecule has 3 rings (SSSR count). The van der Waals surface area contributed by atoms with Crippen LogP contribution in [0.5, 0.6) is 0 Å². The molecule has 0 saturated heterocycles. The molecule has 5 nitrogen and oxygen atoms in total. The number of nitrogens with zero attached hydrogens (tertiary/aromatic N) is 4. The first kappa shape index (κ1) is 12.6. The average Bonchev–Trinajstić information content (AvgIpc) is 3.09. The van der Waals surface area contributed by atoms with Crippen LogP contribution in [0.3, 0.4) is 0 Å². The van der Waals surface area contributed by atoms with Gasteiger partial charge in [0.15, 0.2) is 5.82 Å². The zero-order chi connectivity index (χ0) is 13.9. The van der Waals surface area contributed by atoms with Crippen LogP contribution in [0.2, 0.25) is 0 Å². The van der Waals surface area contributed by atoms with Crippen molar-refractivity contribution >= 4 is 0 Å². The van der Waals surface area contributed by atoms with E-state index >= 15 is 0 Å². The molecule has 20 heavy (non-hydrogen) atoms. The lowest BCUT2D eigenvalue weighted by molar-refractivity contribution is 0.419. The van der Waals surface area contributed by atoms with E-state index in [4.69, 9.17) is 4.52 Å². The molecule has 5 heteroatoms. The molecular weight excluding hydrogens is 252 g/mol. The highest BCUT2D eigenvalue weighted by atomic mass is 16.5. The van der Waals surface area contributed by atoms with Gasteiger partial charge in [-0.05, 0) is 23.8 Å². The Morgan fingerprint density at radius 1 is 1.25 bits per heavy atom. The lowest BCUT2D eigenvalue weighted by Gasteiger charge is -2.03. The maximum atomic E-state index is 5.32. The Kier molecular flexibility index (Phi) is 3.33. The Labute approximate surface area is 117 Å². The summed E-state index contributed by atoms with van der Waals surface area (Å²) in [6, 6.07) is 10.00. The van der Waals surface area contributed by atoms with Crippen molar-refractivity contribution in [3.63, 3.8) is 0 Å². The van der Waals surface area contributed by atoms with Crippen LogP contribution in [0.15, 0.2) is 47.2 Å². The van der Waals surface area contributed by atoms with Crippen LogP contribution in [0, 0.1) is 0 Å².